The van der Waals surface area contributed by atoms with Crippen LogP contribution in [0.15, 0.2) is 48.5 Å². The lowest BCUT2D eigenvalue weighted by atomic mass is 10.00. The number of carbonyl (C=O) groups is 1. The van der Waals surface area contributed by atoms with Gasteiger partial charge in [-0.2, -0.15) is 39.5 Å². The highest BCUT2D eigenvalue weighted by Gasteiger charge is 2.37. The Morgan fingerprint density at radius 2 is 1.53 bits per heavy atom. The fourth-order valence-corrected chi connectivity index (χ4v) is 3.59. The van der Waals surface area contributed by atoms with Gasteiger partial charge in [-0.1, -0.05) is 30.3 Å². The van der Waals surface area contributed by atoms with Crippen LogP contribution in [0.25, 0.3) is 0 Å². The van der Waals surface area contributed by atoms with Crippen molar-refractivity contribution in [3.8, 4) is 0 Å². The maximum Gasteiger partial charge on any atom is 0.416 e. The molecule has 3 rings (SSSR count). The molecular formula is C23H23F9N2O2. The molecule has 1 fully saturated rings. The van der Waals surface area contributed by atoms with E-state index in [2.05, 4.69) is 10.1 Å². The summed E-state index contributed by atoms with van der Waals surface area (Å²) >= 11 is 0. The number of hydrogen-bond acceptors (Lipinski definition) is 3. The van der Waals surface area contributed by atoms with E-state index < -0.39 is 46.9 Å². The Morgan fingerprint density at radius 3 is 2.03 bits per heavy atom. The van der Waals surface area contributed by atoms with Crippen LogP contribution in [-0.4, -0.2) is 37.2 Å². The molecule has 0 bridgehead atoms. The number of piperidine rings is 1. The molecule has 0 radical (unpaired) electrons. The highest BCUT2D eigenvalue weighted by atomic mass is 19.4. The number of alkyl carbamates (subject to hydrolysis) is 1. The first-order valence-electron chi connectivity index (χ1n) is 10.6. The number of rotatable bonds is 3. The molecule has 1 unspecified atom stereocenters. The fraction of sp³-hybridized carbons (Fsp3) is 0.435. The summed E-state index contributed by atoms with van der Waals surface area (Å²) in [5, 5.41) is 2.56. The summed E-state index contributed by atoms with van der Waals surface area (Å²) in [7, 11) is 1.19. The number of ether oxygens (including phenoxy) is 1. The molecule has 4 nitrogen and oxygen atoms in total. The Bertz CT molecular complexity index is 990. The molecular weight excluding hydrogens is 507 g/mol. The normalized spacial score (nSPS) is 17.1. The molecule has 36 heavy (non-hydrogen) atoms. The van der Waals surface area contributed by atoms with Crippen molar-refractivity contribution in [1.29, 1.82) is 0 Å². The molecule has 1 amide bonds. The Labute approximate surface area is 201 Å². The van der Waals surface area contributed by atoms with E-state index in [4.69, 9.17) is 0 Å². The number of nitrogens with zero attached hydrogens (tertiary/aromatic N) is 1. The van der Waals surface area contributed by atoms with Crippen LogP contribution in [0.3, 0.4) is 0 Å². The summed E-state index contributed by atoms with van der Waals surface area (Å²) in [5.74, 6) is 0. The smallest absolute Gasteiger partial charge is 0.416 e. The number of likely N-dealkylation sites (tertiary alicyclic amines) is 1. The van der Waals surface area contributed by atoms with E-state index in [9.17, 15) is 44.3 Å². The van der Waals surface area contributed by atoms with Crippen LogP contribution < -0.4 is 5.32 Å². The highest BCUT2D eigenvalue weighted by molar-refractivity contribution is 5.67. The van der Waals surface area contributed by atoms with E-state index in [1.807, 2.05) is 0 Å². The van der Waals surface area contributed by atoms with E-state index >= 15 is 0 Å². The summed E-state index contributed by atoms with van der Waals surface area (Å²) in [4.78, 5) is 12.9. The van der Waals surface area contributed by atoms with Crippen molar-refractivity contribution in [2.45, 2.75) is 44.0 Å². The Morgan fingerprint density at radius 1 is 0.917 bits per heavy atom. The molecule has 0 saturated carbocycles. The molecule has 1 heterocycles. The van der Waals surface area contributed by atoms with Crippen LogP contribution in [0.4, 0.5) is 44.3 Å². The van der Waals surface area contributed by atoms with Crippen LogP contribution in [0.2, 0.25) is 0 Å². The number of hydrogen-bond donors (Lipinski definition) is 1. The molecule has 0 aliphatic carbocycles. The Hall–Kier alpha value is -2.96. The van der Waals surface area contributed by atoms with E-state index in [-0.39, 0.29) is 19.1 Å². The van der Waals surface area contributed by atoms with Crippen molar-refractivity contribution in [2.75, 3.05) is 20.2 Å². The van der Waals surface area contributed by atoms with Crippen LogP contribution in [0.5, 0.6) is 0 Å². The average molecular weight is 530 g/mol. The summed E-state index contributed by atoms with van der Waals surface area (Å²) in [6, 6.07) is 7.47. The molecule has 200 valence electrons. The minimum absolute atomic E-state index is 0.225. The van der Waals surface area contributed by atoms with Crippen molar-refractivity contribution in [3.63, 3.8) is 0 Å². The third-order valence-electron chi connectivity index (χ3n) is 5.25. The zero-order valence-electron chi connectivity index (χ0n) is 18.9. The van der Waals surface area contributed by atoms with Gasteiger partial charge in [0, 0.05) is 19.1 Å². The van der Waals surface area contributed by atoms with E-state index in [1.165, 1.54) is 19.2 Å². The van der Waals surface area contributed by atoms with Crippen LogP contribution >= 0.6 is 0 Å². The molecule has 1 N–H and O–H groups in total. The maximum absolute atomic E-state index is 13.2. The SMILES string of the molecule is COC(=O)NC1CCCN(Cc2cc(C(F)(F)F)ccc2C(F)(F)F)C1.FC(F)(F)c1ccccc1. The van der Waals surface area contributed by atoms with Gasteiger partial charge < -0.3 is 10.1 Å². The number of alkyl halides is 9. The lowest BCUT2D eigenvalue weighted by molar-refractivity contribution is -0.142. The number of benzene rings is 2. The summed E-state index contributed by atoms with van der Waals surface area (Å²) in [5.41, 5.74) is -3.25. The molecule has 1 saturated heterocycles. The highest BCUT2D eigenvalue weighted by Crippen LogP contribution is 2.37. The lowest BCUT2D eigenvalue weighted by Gasteiger charge is -2.33. The number of methoxy groups -OCH3 is 1. The van der Waals surface area contributed by atoms with E-state index in [1.54, 1.807) is 11.0 Å². The second-order valence-corrected chi connectivity index (χ2v) is 7.94. The Balaban J connectivity index is 0.000000380. The minimum atomic E-state index is -4.75. The van der Waals surface area contributed by atoms with Crippen molar-refractivity contribution in [1.82, 2.24) is 10.2 Å². The number of amides is 1. The zero-order chi connectivity index (χ0) is 27.1. The third-order valence-corrected chi connectivity index (χ3v) is 5.25. The molecule has 1 atom stereocenters. The first-order chi connectivity index (χ1) is 16.6. The molecule has 0 aromatic heterocycles. The molecule has 2 aromatic carbocycles. The van der Waals surface area contributed by atoms with Gasteiger partial charge in [0.05, 0.1) is 23.8 Å². The van der Waals surface area contributed by atoms with Gasteiger partial charge in [-0.15, -0.1) is 0 Å². The van der Waals surface area contributed by atoms with Crippen molar-refractivity contribution in [2.24, 2.45) is 0 Å². The third kappa shape index (κ3) is 8.92. The summed E-state index contributed by atoms with van der Waals surface area (Å²) in [6.07, 6.45) is -13.1. The van der Waals surface area contributed by atoms with Crippen molar-refractivity contribution in [3.05, 3.63) is 70.8 Å². The van der Waals surface area contributed by atoms with E-state index in [0.717, 1.165) is 12.1 Å². The summed E-state index contributed by atoms with van der Waals surface area (Å²) in [6.45, 7) is 0.355. The first kappa shape index (κ1) is 29.3. The van der Waals surface area contributed by atoms with Gasteiger partial charge in [0.15, 0.2) is 0 Å². The second-order valence-electron chi connectivity index (χ2n) is 7.94. The molecule has 13 heteroatoms. The van der Waals surface area contributed by atoms with Crippen LogP contribution in [0.1, 0.15) is 35.1 Å². The van der Waals surface area contributed by atoms with Gasteiger partial charge >= 0.3 is 24.6 Å². The first-order valence-corrected chi connectivity index (χ1v) is 10.6. The molecule has 0 spiro atoms. The fourth-order valence-electron chi connectivity index (χ4n) is 3.59. The number of carbonyl (C=O) groups excluding carboxylic acids is 1. The minimum Gasteiger partial charge on any atom is -0.453 e. The van der Waals surface area contributed by atoms with Gasteiger partial charge in [0.25, 0.3) is 0 Å². The predicted octanol–water partition coefficient (Wildman–Crippen LogP) is 6.75. The average Bonchev–Trinajstić information content (AvgIpc) is 2.78. The van der Waals surface area contributed by atoms with Crippen molar-refractivity contribution >= 4 is 6.09 Å². The van der Waals surface area contributed by atoms with Crippen LogP contribution in [-0.2, 0) is 29.8 Å². The van der Waals surface area contributed by atoms with Crippen LogP contribution in [0, 0.1) is 0 Å². The van der Waals surface area contributed by atoms with Gasteiger partial charge in [-0.3, -0.25) is 4.90 Å². The van der Waals surface area contributed by atoms with Gasteiger partial charge in [-0.05, 0) is 43.1 Å². The molecule has 2 aromatic rings. The predicted molar refractivity (Wildman–Crippen MR) is 112 cm³/mol. The quantitative estimate of drug-likeness (QED) is 0.447. The topological polar surface area (TPSA) is 41.6 Å². The zero-order valence-corrected chi connectivity index (χ0v) is 18.9. The maximum atomic E-state index is 13.2. The van der Waals surface area contributed by atoms with Gasteiger partial charge in [-0.25, -0.2) is 4.79 Å². The van der Waals surface area contributed by atoms with Gasteiger partial charge in [0.2, 0.25) is 0 Å². The van der Waals surface area contributed by atoms with Gasteiger partial charge in [0.1, 0.15) is 0 Å². The Kier molecular flexibility index (Phi) is 9.64. The van der Waals surface area contributed by atoms with E-state index in [0.29, 0.717) is 37.6 Å². The largest absolute Gasteiger partial charge is 0.453 e. The lowest BCUT2D eigenvalue weighted by Crippen LogP contribution is -2.47. The van der Waals surface area contributed by atoms with Crippen molar-refractivity contribution < 1.29 is 49.0 Å². The number of nitrogens with one attached hydrogen (secondary N) is 1. The standard InChI is InChI=1S/C16H18F6N2O2.C7H5F3/c1-26-14(25)23-12-3-2-6-24(9-12)8-10-7-11(15(17,18)19)4-5-13(10)16(20,21)22;8-7(9,10)6-4-2-1-3-5-6/h4-5,7,12H,2-3,6,8-9H2,1H3,(H,23,25);1-5H. The number of halogens is 9. The molecule has 1 aliphatic rings. The monoisotopic (exact) mass is 530 g/mol. The summed E-state index contributed by atoms with van der Waals surface area (Å²) < 4.78 is 118. The second kappa shape index (κ2) is 11.8. The molecule has 1 aliphatic heterocycles.